The van der Waals surface area contributed by atoms with Gasteiger partial charge in [0.15, 0.2) is 0 Å². The molecule has 0 aliphatic carbocycles. The number of piperidine rings is 1. The van der Waals surface area contributed by atoms with E-state index in [9.17, 15) is 9.59 Å². The SMILES string of the molecule is NC1CCCN(C(=O)CNC(=O)c2ccc(Cl)c(Cl)c2)C1. The van der Waals surface area contributed by atoms with Crippen molar-refractivity contribution in [3.8, 4) is 0 Å². The second-order valence-corrected chi connectivity index (χ2v) is 5.87. The summed E-state index contributed by atoms with van der Waals surface area (Å²) in [6.45, 7) is 1.18. The molecule has 1 unspecified atom stereocenters. The highest BCUT2D eigenvalue weighted by Crippen LogP contribution is 2.22. The van der Waals surface area contributed by atoms with E-state index in [0.717, 1.165) is 12.8 Å². The molecule has 21 heavy (non-hydrogen) atoms. The van der Waals surface area contributed by atoms with E-state index in [4.69, 9.17) is 28.9 Å². The largest absolute Gasteiger partial charge is 0.343 e. The molecule has 1 atom stereocenters. The highest BCUT2D eigenvalue weighted by Gasteiger charge is 2.21. The van der Waals surface area contributed by atoms with Crippen LogP contribution in [0.3, 0.4) is 0 Å². The van der Waals surface area contributed by atoms with Crippen LogP contribution in [0.2, 0.25) is 10.0 Å². The maximum atomic E-state index is 12.0. The minimum Gasteiger partial charge on any atom is -0.343 e. The van der Waals surface area contributed by atoms with Crippen LogP contribution >= 0.6 is 23.2 Å². The van der Waals surface area contributed by atoms with E-state index >= 15 is 0 Å². The van der Waals surface area contributed by atoms with Gasteiger partial charge >= 0.3 is 0 Å². The average molecular weight is 330 g/mol. The van der Waals surface area contributed by atoms with Crippen LogP contribution in [-0.4, -0.2) is 42.4 Å². The molecule has 1 aliphatic heterocycles. The predicted molar refractivity (Wildman–Crippen MR) is 82.6 cm³/mol. The van der Waals surface area contributed by atoms with Crippen molar-refractivity contribution in [2.75, 3.05) is 19.6 Å². The summed E-state index contributed by atoms with van der Waals surface area (Å²) < 4.78 is 0. The molecule has 1 aliphatic rings. The summed E-state index contributed by atoms with van der Waals surface area (Å²) in [6.07, 6.45) is 1.83. The molecule has 2 rings (SSSR count). The number of nitrogens with two attached hydrogens (primary N) is 1. The third-order valence-corrected chi connectivity index (χ3v) is 4.13. The van der Waals surface area contributed by atoms with Gasteiger partial charge in [-0.05, 0) is 31.0 Å². The number of nitrogens with one attached hydrogen (secondary N) is 1. The van der Waals surface area contributed by atoms with Gasteiger partial charge in [0.05, 0.1) is 16.6 Å². The molecule has 2 amide bonds. The highest BCUT2D eigenvalue weighted by atomic mass is 35.5. The van der Waals surface area contributed by atoms with Gasteiger partial charge in [-0.2, -0.15) is 0 Å². The monoisotopic (exact) mass is 329 g/mol. The first kappa shape index (κ1) is 16.1. The minimum atomic E-state index is -0.358. The fourth-order valence-corrected chi connectivity index (χ4v) is 2.54. The quantitative estimate of drug-likeness (QED) is 0.885. The first-order valence-corrected chi connectivity index (χ1v) is 7.49. The van der Waals surface area contributed by atoms with E-state index in [2.05, 4.69) is 5.32 Å². The minimum absolute atomic E-state index is 0.0217. The van der Waals surface area contributed by atoms with Crippen LogP contribution in [0.15, 0.2) is 18.2 Å². The molecular formula is C14H17Cl2N3O2. The first-order chi connectivity index (χ1) is 9.97. The fraction of sp³-hybridized carbons (Fsp3) is 0.429. The van der Waals surface area contributed by atoms with E-state index in [-0.39, 0.29) is 24.4 Å². The second kappa shape index (κ2) is 7.11. The summed E-state index contributed by atoms with van der Waals surface area (Å²) in [5, 5.41) is 3.27. The van der Waals surface area contributed by atoms with Crippen molar-refractivity contribution in [1.29, 1.82) is 0 Å². The Morgan fingerprint density at radius 3 is 2.76 bits per heavy atom. The number of amides is 2. The lowest BCUT2D eigenvalue weighted by Gasteiger charge is -2.30. The van der Waals surface area contributed by atoms with Crippen LogP contribution in [0.5, 0.6) is 0 Å². The van der Waals surface area contributed by atoms with Crippen LogP contribution in [-0.2, 0) is 4.79 Å². The molecule has 7 heteroatoms. The molecule has 0 spiro atoms. The van der Waals surface area contributed by atoms with Crippen LogP contribution < -0.4 is 11.1 Å². The van der Waals surface area contributed by atoms with Gasteiger partial charge in [0, 0.05) is 24.7 Å². The molecule has 114 valence electrons. The fourth-order valence-electron chi connectivity index (χ4n) is 2.24. The molecular weight excluding hydrogens is 313 g/mol. The van der Waals surface area contributed by atoms with E-state index in [1.165, 1.54) is 6.07 Å². The molecule has 0 bridgehead atoms. The topological polar surface area (TPSA) is 75.4 Å². The zero-order valence-electron chi connectivity index (χ0n) is 11.4. The normalized spacial score (nSPS) is 18.4. The summed E-state index contributed by atoms with van der Waals surface area (Å²) >= 11 is 11.6. The Bertz CT molecular complexity index is 551. The third kappa shape index (κ3) is 4.33. The maximum Gasteiger partial charge on any atom is 0.251 e. The summed E-state index contributed by atoms with van der Waals surface area (Å²) in [5.41, 5.74) is 6.20. The summed E-state index contributed by atoms with van der Waals surface area (Å²) in [4.78, 5) is 25.6. The average Bonchev–Trinajstić information content (AvgIpc) is 2.47. The lowest BCUT2D eigenvalue weighted by Crippen LogP contribution is -2.48. The van der Waals surface area contributed by atoms with Crippen molar-refractivity contribution in [3.05, 3.63) is 33.8 Å². The van der Waals surface area contributed by atoms with E-state index < -0.39 is 0 Å². The molecule has 1 aromatic carbocycles. The van der Waals surface area contributed by atoms with E-state index in [0.29, 0.717) is 28.7 Å². The van der Waals surface area contributed by atoms with Crippen LogP contribution in [0.25, 0.3) is 0 Å². The van der Waals surface area contributed by atoms with Crippen molar-refractivity contribution in [1.82, 2.24) is 10.2 Å². The molecule has 1 fully saturated rings. The van der Waals surface area contributed by atoms with Crippen LogP contribution in [0.4, 0.5) is 0 Å². The maximum absolute atomic E-state index is 12.0. The van der Waals surface area contributed by atoms with Crippen molar-refractivity contribution in [3.63, 3.8) is 0 Å². The Morgan fingerprint density at radius 1 is 1.33 bits per heavy atom. The Labute approximate surface area is 133 Å². The zero-order chi connectivity index (χ0) is 15.4. The number of likely N-dealkylation sites (tertiary alicyclic amines) is 1. The number of hydrogen-bond donors (Lipinski definition) is 2. The van der Waals surface area contributed by atoms with Gasteiger partial charge in [-0.3, -0.25) is 9.59 Å². The lowest BCUT2D eigenvalue weighted by molar-refractivity contribution is -0.131. The molecule has 3 N–H and O–H groups in total. The Balaban J connectivity index is 1.88. The number of carbonyl (C=O) groups excluding carboxylic acids is 2. The summed E-state index contributed by atoms with van der Waals surface area (Å²) in [6, 6.07) is 4.60. The highest BCUT2D eigenvalue weighted by molar-refractivity contribution is 6.42. The number of halogens is 2. The molecule has 0 saturated carbocycles. The lowest BCUT2D eigenvalue weighted by atomic mass is 10.1. The molecule has 1 saturated heterocycles. The van der Waals surface area contributed by atoms with Crippen LogP contribution in [0, 0.1) is 0 Å². The Hall–Kier alpha value is -1.30. The molecule has 1 heterocycles. The van der Waals surface area contributed by atoms with Gasteiger partial charge in [-0.15, -0.1) is 0 Å². The van der Waals surface area contributed by atoms with Crippen molar-refractivity contribution in [2.24, 2.45) is 5.73 Å². The Morgan fingerprint density at radius 2 is 2.10 bits per heavy atom. The van der Waals surface area contributed by atoms with Crippen LogP contribution in [0.1, 0.15) is 23.2 Å². The van der Waals surface area contributed by atoms with E-state index in [1.54, 1.807) is 17.0 Å². The number of hydrogen-bond acceptors (Lipinski definition) is 3. The summed E-state index contributed by atoms with van der Waals surface area (Å²) in [5.74, 6) is -0.484. The van der Waals surface area contributed by atoms with Gasteiger partial charge in [0.2, 0.25) is 5.91 Å². The third-order valence-electron chi connectivity index (χ3n) is 3.39. The molecule has 5 nitrogen and oxygen atoms in total. The van der Waals surface area contributed by atoms with Gasteiger partial charge in [-0.1, -0.05) is 23.2 Å². The smallest absolute Gasteiger partial charge is 0.251 e. The number of benzene rings is 1. The van der Waals surface area contributed by atoms with Gasteiger partial charge in [0.1, 0.15) is 0 Å². The zero-order valence-corrected chi connectivity index (χ0v) is 13.0. The number of rotatable bonds is 3. The van der Waals surface area contributed by atoms with E-state index in [1.807, 2.05) is 0 Å². The van der Waals surface area contributed by atoms with Crippen molar-refractivity contribution >= 4 is 35.0 Å². The van der Waals surface area contributed by atoms with Crippen molar-refractivity contribution in [2.45, 2.75) is 18.9 Å². The Kier molecular flexibility index (Phi) is 5.45. The number of carbonyl (C=O) groups is 2. The molecule has 0 radical (unpaired) electrons. The molecule has 0 aromatic heterocycles. The first-order valence-electron chi connectivity index (χ1n) is 6.74. The van der Waals surface area contributed by atoms with Gasteiger partial charge in [0.25, 0.3) is 5.91 Å². The second-order valence-electron chi connectivity index (χ2n) is 5.05. The molecule has 1 aromatic rings. The predicted octanol–water partition coefficient (Wildman–Crippen LogP) is 1.67. The van der Waals surface area contributed by atoms with Gasteiger partial charge in [-0.25, -0.2) is 0 Å². The summed E-state index contributed by atoms with van der Waals surface area (Å²) in [7, 11) is 0. The van der Waals surface area contributed by atoms with Crippen molar-refractivity contribution < 1.29 is 9.59 Å². The van der Waals surface area contributed by atoms with Gasteiger partial charge < -0.3 is 16.0 Å². The standard InChI is InChI=1S/C14H17Cl2N3O2/c15-11-4-3-9(6-12(11)16)14(21)18-7-13(20)19-5-1-2-10(17)8-19/h3-4,6,10H,1-2,5,7-8,17H2,(H,18,21). The number of nitrogens with zero attached hydrogens (tertiary/aromatic N) is 1.